The van der Waals surface area contributed by atoms with Crippen molar-refractivity contribution < 1.29 is 4.42 Å². The van der Waals surface area contributed by atoms with Crippen LogP contribution in [0.3, 0.4) is 0 Å². The molecule has 11 rings (SSSR count). The molecule has 6 nitrogen and oxygen atoms in total. The summed E-state index contributed by atoms with van der Waals surface area (Å²) in [6.45, 7) is 0. The van der Waals surface area contributed by atoms with Crippen LogP contribution in [0.1, 0.15) is 0 Å². The second-order valence-corrected chi connectivity index (χ2v) is 13.8. The third-order valence-electron chi connectivity index (χ3n) is 10.5. The monoisotopic (exact) mass is 717 g/mol. The van der Waals surface area contributed by atoms with Crippen molar-refractivity contribution in [2.75, 3.05) is 0 Å². The number of oxazole rings is 1. The molecule has 0 atom stereocenters. The molecule has 0 saturated heterocycles. The fourth-order valence-corrected chi connectivity index (χ4v) is 7.91. The van der Waals surface area contributed by atoms with Crippen LogP contribution in [0, 0.1) is 0 Å². The van der Waals surface area contributed by atoms with Crippen LogP contribution in [0.5, 0.6) is 0 Å². The third-order valence-corrected chi connectivity index (χ3v) is 10.5. The Balaban J connectivity index is 1.12. The van der Waals surface area contributed by atoms with E-state index in [1.807, 2.05) is 78.9 Å². The normalized spacial score (nSPS) is 11.6. The van der Waals surface area contributed by atoms with Gasteiger partial charge in [-0.05, 0) is 71.1 Å². The molecule has 0 N–H and O–H groups in total. The van der Waals surface area contributed by atoms with Crippen LogP contribution >= 0.6 is 0 Å². The molecule has 3 aromatic heterocycles. The summed E-state index contributed by atoms with van der Waals surface area (Å²) in [6, 6.07) is 64.5. The zero-order valence-corrected chi connectivity index (χ0v) is 30.0. The summed E-state index contributed by atoms with van der Waals surface area (Å²) in [5, 5.41) is 4.35. The van der Waals surface area contributed by atoms with Gasteiger partial charge in [-0.25, -0.2) is 19.9 Å². The van der Waals surface area contributed by atoms with Crippen LogP contribution < -0.4 is 0 Å². The van der Waals surface area contributed by atoms with E-state index in [2.05, 4.69) is 114 Å². The van der Waals surface area contributed by atoms with Crippen LogP contribution in [0.4, 0.5) is 0 Å². The van der Waals surface area contributed by atoms with Crippen LogP contribution in [0.2, 0.25) is 0 Å². The van der Waals surface area contributed by atoms with E-state index in [0.717, 1.165) is 77.4 Å². The number of benzene rings is 8. The van der Waals surface area contributed by atoms with Gasteiger partial charge in [-0.3, -0.25) is 0 Å². The molecular formula is C50H31N5O. The highest BCUT2D eigenvalue weighted by atomic mass is 16.3. The van der Waals surface area contributed by atoms with Gasteiger partial charge < -0.3 is 8.98 Å². The summed E-state index contributed by atoms with van der Waals surface area (Å²) in [7, 11) is 0. The molecule has 0 fully saturated rings. The van der Waals surface area contributed by atoms with E-state index in [4.69, 9.17) is 24.4 Å². The summed E-state index contributed by atoms with van der Waals surface area (Å²) in [5.41, 5.74) is 10.6. The lowest BCUT2D eigenvalue weighted by molar-refractivity contribution is 0.623. The first-order valence-corrected chi connectivity index (χ1v) is 18.6. The van der Waals surface area contributed by atoms with Gasteiger partial charge in [0.25, 0.3) is 0 Å². The van der Waals surface area contributed by atoms with Crippen molar-refractivity contribution in [2.45, 2.75) is 0 Å². The van der Waals surface area contributed by atoms with Gasteiger partial charge in [-0.2, -0.15) is 0 Å². The summed E-state index contributed by atoms with van der Waals surface area (Å²) >= 11 is 0. The molecule has 8 aromatic carbocycles. The van der Waals surface area contributed by atoms with Crippen molar-refractivity contribution in [1.82, 2.24) is 24.5 Å². The maximum absolute atomic E-state index is 6.57. The van der Waals surface area contributed by atoms with E-state index >= 15 is 0 Å². The largest absolute Gasteiger partial charge is 0.435 e. The van der Waals surface area contributed by atoms with Crippen LogP contribution in [0.25, 0.3) is 106 Å². The van der Waals surface area contributed by atoms with E-state index in [9.17, 15) is 0 Å². The van der Waals surface area contributed by atoms with Gasteiger partial charge in [-0.1, -0.05) is 133 Å². The van der Waals surface area contributed by atoms with Crippen molar-refractivity contribution in [1.29, 1.82) is 0 Å². The second-order valence-electron chi connectivity index (χ2n) is 13.8. The number of rotatable bonds is 6. The molecule has 0 aliphatic heterocycles. The predicted molar refractivity (Wildman–Crippen MR) is 226 cm³/mol. The number of para-hydroxylation sites is 2. The van der Waals surface area contributed by atoms with Crippen molar-refractivity contribution in [3.63, 3.8) is 0 Å². The van der Waals surface area contributed by atoms with E-state index in [1.54, 1.807) is 0 Å². The standard InChI is InChI=1S/C50H31N5O/c1-4-15-33(16-5-1)47-52-48(35-28-30-44-41(31-35)38-23-12-13-26-43(38)55(44)36-20-8-3-9-21-36)54-49(53-47)40-24-11-10-22-37(40)39-25-14-19-32-27-29-42-46(45(32)39)56-50(51-42)34-17-6-2-7-18-34/h1-31H. The lowest BCUT2D eigenvalue weighted by Crippen LogP contribution is -2.01. The quantitative estimate of drug-likeness (QED) is 0.171. The highest BCUT2D eigenvalue weighted by molar-refractivity contribution is 6.13. The Kier molecular flexibility index (Phi) is 7.38. The minimum atomic E-state index is 0.586. The third kappa shape index (κ3) is 5.27. The van der Waals surface area contributed by atoms with Crippen LogP contribution in [-0.4, -0.2) is 24.5 Å². The van der Waals surface area contributed by atoms with E-state index in [0.29, 0.717) is 23.4 Å². The summed E-state index contributed by atoms with van der Waals surface area (Å²) in [4.78, 5) is 20.4. The molecule has 0 saturated carbocycles. The zero-order chi connectivity index (χ0) is 37.0. The van der Waals surface area contributed by atoms with Gasteiger partial charge in [0.05, 0.1) is 11.0 Å². The Hall–Kier alpha value is -7.70. The molecule has 0 radical (unpaired) electrons. The van der Waals surface area contributed by atoms with Gasteiger partial charge in [0.1, 0.15) is 5.52 Å². The minimum Gasteiger partial charge on any atom is -0.435 e. The Bertz CT molecular complexity index is 3240. The molecule has 0 spiro atoms. The topological polar surface area (TPSA) is 69.6 Å². The molecule has 0 amide bonds. The zero-order valence-electron chi connectivity index (χ0n) is 30.0. The summed E-state index contributed by atoms with van der Waals surface area (Å²) in [5.74, 6) is 2.39. The number of nitrogens with zero attached hydrogens (tertiary/aromatic N) is 5. The lowest BCUT2D eigenvalue weighted by Gasteiger charge is -2.14. The SMILES string of the molecule is c1ccc(-c2nc(-c3ccc4c(c3)c3ccccc3n4-c3ccccc3)nc(-c3ccccc3-c3cccc4ccc5nc(-c6ccccc6)oc5c34)n2)cc1. The first kappa shape index (κ1) is 31.8. The van der Waals surface area contributed by atoms with Crippen molar-refractivity contribution >= 4 is 43.7 Å². The lowest BCUT2D eigenvalue weighted by atomic mass is 9.93. The van der Waals surface area contributed by atoms with Gasteiger partial charge in [0, 0.05) is 44.1 Å². The molecule has 11 aromatic rings. The predicted octanol–water partition coefficient (Wildman–Crippen LogP) is 12.6. The average Bonchev–Trinajstić information content (AvgIpc) is 3.87. The number of fused-ring (bicyclic) bond motifs is 6. The van der Waals surface area contributed by atoms with Gasteiger partial charge in [0.15, 0.2) is 23.1 Å². The highest BCUT2D eigenvalue weighted by Gasteiger charge is 2.20. The molecule has 0 bridgehead atoms. The smallest absolute Gasteiger partial charge is 0.227 e. The summed E-state index contributed by atoms with van der Waals surface area (Å²) in [6.07, 6.45) is 0. The first-order chi connectivity index (χ1) is 27.8. The van der Waals surface area contributed by atoms with Crippen molar-refractivity contribution in [3.8, 4) is 62.4 Å². The number of hydrogen-bond donors (Lipinski definition) is 0. The molecule has 6 heteroatoms. The number of aromatic nitrogens is 5. The van der Waals surface area contributed by atoms with Crippen LogP contribution in [0.15, 0.2) is 192 Å². The minimum absolute atomic E-state index is 0.586. The first-order valence-electron chi connectivity index (χ1n) is 18.6. The fraction of sp³-hybridized carbons (Fsp3) is 0. The van der Waals surface area contributed by atoms with Gasteiger partial charge >= 0.3 is 0 Å². The molecule has 262 valence electrons. The number of hydrogen-bond acceptors (Lipinski definition) is 5. The average molecular weight is 718 g/mol. The van der Waals surface area contributed by atoms with Crippen molar-refractivity contribution in [2.24, 2.45) is 0 Å². The molecule has 3 heterocycles. The molecule has 0 aliphatic carbocycles. The van der Waals surface area contributed by atoms with Gasteiger partial charge in [0.2, 0.25) is 5.89 Å². The van der Waals surface area contributed by atoms with Crippen LogP contribution in [-0.2, 0) is 0 Å². The second kappa shape index (κ2) is 13.0. The highest BCUT2D eigenvalue weighted by Crippen LogP contribution is 2.41. The Morgan fingerprint density at radius 3 is 1.82 bits per heavy atom. The van der Waals surface area contributed by atoms with E-state index in [1.165, 1.54) is 5.39 Å². The van der Waals surface area contributed by atoms with Gasteiger partial charge in [-0.15, -0.1) is 0 Å². The summed E-state index contributed by atoms with van der Waals surface area (Å²) < 4.78 is 8.89. The molecule has 0 unspecified atom stereocenters. The maximum atomic E-state index is 6.57. The van der Waals surface area contributed by atoms with E-state index in [-0.39, 0.29) is 0 Å². The maximum Gasteiger partial charge on any atom is 0.227 e. The Morgan fingerprint density at radius 1 is 0.393 bits per heavy atom. The Morgan fingerprint density at radius 2 is 1.02 bits per heavy atom. The molecule has 56 heavy (non-hydrogen) atoms. The molecular weight excluding hydrogens is 687 g/mol. The van der Waals surface area contributed by atoms with E-state index < -0.39 is 0 Å². The Labute approximate surface area is 322 Å². The van der Waals surface area contributed by atoms with Crippen molar-refractivity contribution in [3.05, 3.63) is 188 Å². The molecule has 0 aliphatic rings. The fourth-order valence-electron chi connectivity index (χ4n) is 7.91.